The van der Waals surface area contributed by atoms with Crippen molar-refractivity contribution < 1.29 is 44.3 Å². The summed E-state index contributed by atoms with van der Waals surface area (Å²) in [5.74, 6) is -1.26. The van der Waals surface area contributed by atoms with E-state index in [1.54, 1.807) is 18.2 Å². The predicted molar refractivity (Wildman–Crippen MR) is 168 cm³/mol. The van der Waals surface area contributed by atoms with E-state index in [0.29, 0.717) is 31.6 Å². The van der Waals surface area contributed by atoms with Crippen molar-refractivity contribution in [3.8, 4) is 5.75 Å². The lowest BCUT2D eigenvalue weighted by Gasteiger charge is -2.65. The van der Waals surface area contributed by atoms with E-state index >= 15 is 0 Å². The van der Waals surface area contributed by atoms with Gasteiger partial charge in [-0.3, -0.25) is 9.59 Å². The summed E-state index contributed by atoms with van der Waals surface area (Å²) < 4.78 is 11.2. The Kier molecular flexibility index (Phi) is 9.04. The Bertz CT molecular complexity index is 1350. The van der Waals surface area contributed by atoms with Crippen LogP contribution in [0.4, 0.5) is 0 Å². The van der Waals surface area contributed by atoms with Crippen molar-refractivity contribution >= 4 is 17.9 Å². The van der Waals surface area contributed by atoms with Crippen molar-refractivity contribution in [2.45, 2.75) is 115 Å². The largest absolute Gasteiger partial charge is 0.508 e. The Hall–Kier alpha value is -2.91. The van der Waals surface area contributed by atoms with Crippen LogP contribution in [0.3, 0.4) is 0 Å². The molecular formula is C37H50O9. The number of ether oxygens (including phenoxy) is 2. The van der Waals surface area contributed by atoms with Gasteiger partial charge in [-0.2, -0.15) is 0 Å². The van der Waals surface area contributed by atoms with Crippen LogP contribution in [0.15, 0.2) is 35.9 Å². The highest BCUT2D eigenvalue weighted by Gasteiger charge is 2.70. The van der Waals surface area contributed by atoms with Gasteiger partial charge in [-0.05, 0) is 129 Å². The van der Waals surface area contributed by atoms with Gasteiger partial charge in [0.05, 0.1) is 11.7 Å². The number of hydrogen-bond acceptors (Lipinski definition) is 8. The van der Waals surface area contributed by atoms with E-state index in [0.717, 1.165) is 56.1 Å². The van der Waals surface area contributed by atoms with Gasteiger partial charge < -0.3 is 29.9 Å². The number of aromatic hydroxyl groups is 1. The third-order valence-electron chi connectivity index (χ3n) is 13.3. The Morgan fingerprint density at radius 1 is 1.02 bits per heavy atom. The fourth-order valence-electron chi connectivity index (χ4n) is 10.7. The number of phenolic OH excluding ortho intramolecular Hbond substituents is 1. The van der Waals surface area contributed by atoms with E-state index in [2.05, 4.69) is 6.92 Å². The van der Waals surface area contributed by atoms with Gasteiger partial charge in [0.1, 0.15) is 18.5 Å². The third-order valence-corrected chi connectivity index (χ3v) is 13.3. The zero-order valence-electron chi connectivity index (χ0n) is 27.2. The molecule has 9 heteroatoms. The maximum absolute atomic E-state index is 13.1. The van der Waals surface area contributed by atoms with Gasteiger partial charge in [0.2, 0.25) is 0 Å². The normalized spacial score (nSPS) is 39.0. The Morgan fingerprint density at radius 2 is 1.78 bits per heavy atom. The van der Waals surface area contributed by atoms with Crippen molar-refractivity contribution in [2.24, 2.45) is 40.4 Å². The van der Waals surface area contributed by atoms with E-state index in [9.17, 15) is 34.8 Å². The van der Waals surface area contributed by atoms with Crippen LogP contribution in [0.5, 0.6) is 5.75 Å². The summed E-state index contributed by atoms with van der Waals surface area (Å²) in [4.78, 5) is 36.5. The highest BCUT2D eigenvalue weighted by molar-refractivity contribution is 5.85. The summed E-state index contributed by atoms with van der Waals surface area (Å²) in [5, 5.41) is 43.2. The molecule has 1 heterocycles. The molecule has 46 heavy (non-hydrogen) atoms. The number of aliphatic carboxylic acids is 1. The van der Waals surface area contributed by atoms with Gasteiger partial charge in [0.15, 0.2) is 0 Å². The van der Waals surface area contributed by atoms with Crippen molar-refractivity contribution in [2.75, 3.05) is 6.61 Å². The average Bonchev–Trinajstić information content (AvgIpc) is 3.55. The number of cyclic esters (lactones) is 1. The molecule has 252 valence electrons. The number of carboxylic acids is 1. The number of hydrogen-bond donors (Lipinski definition) is 4. The van der Waals surface area contributed by atoms with Gasteiger partial charge in [-0.15, -0.1) is 0 Å². The molecule has 0 amide bonds. The number of esters is 2. The first-order valence-electron chi connectivity index (χ1n) is 17.3. The highest BCUT2D eigenvalue weighted by Crippen LogP contribution is 2.70. The van der Waals surface area contributed by atoms with Gasteiger partial charge in [0.25, 0.3) is 0 Å². The smallest absolute Gasteiger partial charge is 0.331 e. The minimum atomic E-state index is -1.02. The van der Waals surface area contributed by atoms with Crippen molar-refractivity contribution in [3.63, 3.8) is 0 Å². The molecule has 1 aromatic carbocycles. The molecule has 0 saturated heterocycles. The number of rotatable bonds is 10. The lowest BCUT2D eigenvalue weighted by molar-refractivity contribution is -0.245. The molecule has 0 aromatic heterocycles. The molecule has 1 aliphatic heterocycles. The minimum Gasteiger partial charge on any atom is -0.508 e. The summed E-state index contributed by atoms with van der Waals surface area (Å²) >= 11 is 0. The maximum Gasteiger partial charge on any atom is 0.331 e. The SMILES string of the molecule is C[C@]12CC[C@H](OC(=O)CC(CCCc3ccc(O)cc3)CC(=O)O)C[C@H]1CC[C@@H]1[C@@H]2C[C@@H](O)[C@]2(C)[C@@H](C3=CC(=O)OC3)CC[C@]12O. The fourth-order valence-corrected chi connectivity index (χ4v) is 10.7. The van der Waals surface area contributed by atoms with Crippen LogP contribution < -0.4 is 0 Å². The second-order valence-corrected chi connectivity index (χ2v) is 15.5. The average molecular weight is 639 g/mol. The number of carbonyl (C=O) groups is 3. The zero-order chi connectivity index (χ0) is 32.9. The number of carboxylic acid groups (broad SMARTS) is 1. The van der Waals surface area contributed by atoms with E-state index in [-0.39, 0.29) is 72.3 Å². The van der Waals surface area contributed by atoms with E-state index in [1.807, 2.05) is 19.1 Å². The summed E-state index contributed by atoms with van der Waals surface area (Å²) in [6.07, 6.45) is 8.76. The van der Waals surface area contributed by atoms with Gasteiger partial charge >= 0.3 is 17.9 Å². The number of benzene rings is 1. The fraction of sp³-hybridized carbons (Fsp3) is 0.703. The predicted octanol–water partition coefficient (Wildman–Crippen LogP) is 5.34. The van der Waals surface area contributed by atoms with Gasteiger partial charge in [0, 0.05) is 24.3 Å². The third kappa shape index (κ3) is 5.87. The van der Waals surface area contributed by atoms with Crippen LogP contribution in [-0.2, 0) is 30.3 Å². The molecule has 4 fully saturated rings. The maximum atomic E-state index is 13.1. The number of carbonyl (C=O) groups excluding carboxylic acids is 2. The Labute approximate surface area is 271 Å². The van der Waals surface area contributed by atoms with Crippen LogP contribution in [0.1, 0.15) is 96.5 Å². The molecule has 4 N–H and O–H groups in total. The zero-order valence-corrected chi connectivity index (χ0v) is 27.2. The molecule has 1 unspecified atom stereocenters. The number of aliphatic hydroxyl groups excluding tert-OH is 1. The van der Waals surface area contributed by atoms with Crippen LogP contribution in [0.2, 0.25) is 0 Å². The molecule has 0 spiro atoms. The summed E-state index contributed by atoms with van der Waals surface area (Å²) in [7, 11) is 0. The summed E-state index contributed by atoms with van der Waals surface area (Å²) in [6, 6.07) is 6.98. The topological polar surface area (TPSA) is 151 Å². The van der Waals surface area contributed by atoms with Crippen LogP contribution in [0.25, 0.3) is 0 Å². The molecular weight excluding hydrogens is 588 g/mol. The molecule has 9 nitrogen and oxygen atoms in total. The Balaban J connectivity index is 1.06. The summed E-state index contributed by atoms with van der Waals surface area (Å²) in [6.45, 7) is 4.57. The second kappa shape index (κ2) is 12.6. The van der Waals surface area contributed by atoms with Crippen molar-refractivity contribution in [1.29, 1.82) is 0 Å². The molecule has 0 bridgehead atoms. The van der Waals surface area contributed by atoms with E-state index in [1.165, 1.54) is 0 Å². The highest BCUT2D eigenvalue weighted by atomic mass is 16.5. The molecule has 0 radical (unpaired) electrons. The van der Waals surface area contributed by atoms with Crippen LogP contribution >= 0.6 is 0 Å². The number of aryl methyl sites for hydroxylation is 1. The first-order chi connectivity index (χ1) is 21.8. The van der Waals surface area contributed by atoms with Crippen LogP contribution in [0, 0.1) is 40.4 Å². The van der Waals surface area contributed by atoms with E-state index in [4.69, 9.17) is 9.47 Å². The molecule has 10 atom stereocenters. The number of phenols is 1. The minimum absolute atomic E-state index is 0.0585. The van der Waals surface area contributed by atoms with Crippen molar-refractivity contribution in [3.05, 3.63) is 41.5 Å². The molecule has 4 aliphatic carbocycles. The van der Waals surface area contributed by atoms with Gasteiger partial charge in [-0.1, -0.05) is 26.0 Å². The Morgan fingerprint density at radius 3 is 2.48 bits per heavy atom. The van der Waals surface area contributed by atoms with Gasteiger partial charge in [-0.25, -0.2) is 4.79 Å². The lowest BCUT2D eigenvalue weighted by atomic mass is 9.42. The number of fused-ring (bicyclic) bond motifs is 5. The quantitative estimate of drug-likeness (QED) is 0.249. The monoisotopic (exact) mass is 638 g/mol. The van der Waals surface area contributed by atoms with Crippen molar-refractivity contribution in [1.82, 2.24) is 0 Å². The lowest BCUT2D eigenvalue weighted by Crippen LogP contribution is -2.67. The van der Waals surface area contributed by atoms with E-state index < -0.39 is 23.1 Å². The first kappa shape index (κ1) is 33.0. The molecule has 4 saturated carbocycles. The van der Waals surface area contributed by atoms with Crippen LogP contribution in [-0.4, -0.2) is 62.7 Å². The molecule has 1 aromatic rings. The first-order valence-corrected chi connectivity index (χ1v) is 17.3. The second-order valence-electron chi connectivity index (χ2n) is 15.5. The molecule has 5 aliphatic rings. The standard InChI is InChI=1S/C37H50O9/c1-35-14-12-27(46-34(43)17-23(16-32(40)41)5-3-4-22-6-9-26(38)10-7-22)19-25(35)8-11-29-30(35)20-31(39)36(2)28(13-15-37(29,36)44)24-18-33(42)45-21-24/h6-7,9-10,18,23,25,27-31,38-39,44H,3-5,8,11-17,19-21H2,1-2H3,(H,40,41)/t23?,25-,27+,28-,29-,30+,31-,35+,36+,37+/m1/s1. The molecule has 6 rings (SSSR count). The number of aliphatic hydroxyl groups is 2. The summed E-state index contributed by atoms with van der Waals surface area (Å²) in [5.41, 5.74) is 0.104.